The van der Waals surface area contributed by atoms with Crippen LogP contribution in [0.5, 0.6) is 0 Å². The maximum Gasteiger partial charge on any atom is 0.0331 e. The maximum atomic E-state index is 3.99. The summed E-state index contributed by atoms with van der Waals surface area (Å²) in [5.41, 5.74) is 1.23. The van der Waals surface area contributed by atoms with Crippen LogP contribution in [0, 0.1) is 0 Å². The van der Waals surface area contributed by atoms with Crippen molar-refractivity contribution in [2.45, 2.75) is 40.3 Å². The molecule has 0 atom stereocenters. The average Bonchev–Trinajstić information content (AvgIpc) is 2.76. The van der Waals surface area contributed by atoms with Crippen molar-refractivity contribution < 1.29 is 0 Å². The predicted octanol–water partition coefficient (Wildman–Crippen LogP) is 3.65. The van der Waals surface area contributed by atoms with E-state index in [1.807, 2.05) is 11.3 Å². The lowest BCUT2D eigenvalue weighted by atomic mass is 10.3. The van der Waals surface area contributed by atoms with E-state index in [1.165, 1.54) is 21.7 Å². The standard InChI is InChI=1S/C15H26N2S/c1-5-9-16-10-14-7-8-15(18-14)12-17(6-2)11-13(3)4/h7-8,16H,3,5-6,9-12H2,1-2,4H3. The van der Waals surface area contributed by atoms with Gasteiger partial charge < -0.3 is 5.32 Å². The van der Waals surface area contributed by atoms with Crippen molar-refractivity contribution in [3.63, 3.8) is 0 Å². The number of likely N-dealkylation sites (N-methyl/N-ethyl adjacent to an activating group) is 1. The highest BCUT2D eigenvalue weighted by Gasteiger charge is 2.06. The molecule has 1 aromatic rings. The third-order valence-corrected chi connectivity index (χ3v) is 3.83. The molecule has 102 valence electrons. The molecule has 1 heterocycles. The lowest BCUT2D eigenvalue weighted by Crippen LogP contribution is -2.23. The second kappa shape index (κ2) is 8.46. The zero-order valence-electron chi connectivity index (χ0n) is 12.0. The Morgan fingerprint density at radius 2 is 2.06 bits per heavy atom. The summed E-state index contributed by atoms with van der Waals surface area (Å²) in [5.74, 6) is 0. The Morgan fingerprint density at radius 3 is 2.67 bits per heavy atom. The monoisotopic (exact) mass is 266 g/mol. The first-order valence-electron chi connectivity index (χ1n) is 6.80. The second-order valence-corrected chi connectivity index (χ2v) is 6.06. The summed E-state index contributed by atoms with van der Waals surface area (Å²) in [4.78, 5) is 5.31. The van der Waals surface area contributed by atoms with E-state index in [0.29, 0.717) is 0 Å². The van der Waals surface area contributed by atoms with Gasteiger partial charge in [-0.15, -0.1) is 11.3 Å². The first kappa shape index (κ1) is 15.4. The minimum Gasteiger partial charge on any atom is -0.312 e. The molecule has 0 amide bonds. The molecule has 1 aromatic heterocycles. The number of rotatable bonds is 9. The molecule has 18 heavy (non-hydrogen) atoms. The van der Waals surface area contributed by atoms with E-state index in [-0.39, 0.29) is 0 Å². The second-order valence-electron chi connectivity index (χ2n) is 4.81. The lowest BCUT2D eigenvalue weighted by molar-refractivity contribution is 0.307. The first-order valence-corrected chi connectivity index (χ1v) is 7.62. The van der Waals surface area contributed by atoms with Gasteiger partial charge in [-0.1, -0.05) is 26.0 Å². The van der Waals surface area contributed by atoms with Gasteiger partial charge in [0.25, 0.3) is 0 Å². The summed E-state index contributed by atoms with van der Waals surface area (Å²) in [6, 6.07) is 4.51. The number of thiophene rings is 1. The molecule has 0 aromatic carbocycles. The quantitative estimate of drug-likeness (QED) is 0.542. The molecule has 0 saturated carbocycles. The molecule has 0 aliphatic carbocycles. The third-order valence-electron chi connectivity index (χ3n) is 2.76. The molecular formula is C15H26N2S. The van der Waals surface area contributed by atoms with Crippen molar-refractivity contribution in [2.24, 2.45) is 0 Å². The summed E-state index contributed by atoms with van der Waals surface area (Å²) in [5, 5.41) is 3.45. The molecular weight excluding hydrogens is 240 g/mol. The smallest absolute Gasteiger partial charge is 0.0331 e. The number of nitrogens with zero attached hydrogens (tertiary/aromatic N) is 1. The number of hydrogen-bond donors (Lipinski definition) is 1. The zero-order chi connectivity index (χ0) is 13.4. The van der Waals surface area contributed by atoms with Gasteiger partial charge >= 0.3 is 0 Å². The van der Waals surface area contributed by atoms with Crippen LogP contribution >= 0.6 is 11.3 Å². The van der Waals surface area contributed by atoms with Gasteiger partial charge in [-0.25, -0.2) is 0 Å². The van der Waals surface area contributed by atoms with E-state index < -0.39 is 0 Å². The summed E-state index contributed by atoms with van der Waals surface area (Å²) in [7, 11) is 0. The summed E-state index contributed by atoms with van der Waals surface area (Å²) < 4.78 is 0. The highest BCUT2D eigenvalue weighted by molar-refractivity contribution is 7.11. The van der Waals surface area contributed by atoms with Crippen LogP contribution in [0.3, 0.4) is 0 Å². The Hall–Kier alpha value is -0.640. The van der Waals surface area contributed by atoms with E-state index in [9.17, 15) is 0 Å². The van der Waals surface area contributed by atoms with E-state index in [4.69, 9.17) is 0 Å². The van der Waals surface area contributed by atoms with Gasteiger partial charge in [0.15, 0.2) is 0 Å². The van der Waals surface area contributed by atoms with Crippen molar-refractivity contribution in [3.05, 3.63) is 34.0 Å². The fraction of sp³-hybridized carbons (Fsp3) is 0.600. The molecule has 0 bridgehead atoms. The van der Waals surface area contributed by atoms with Crippen molar-refractivity contribution >= 4 is 11.3 Å². The molecule has 0 radical (unpaired) electrons. The fourth-order valence-corrected chi connectivity index (χ4v) is 2.90. The number of hydrogen-bond acceptors (Lipinski definition) is 3. The van der Waals surface area contributed by atoms with E-state index in [1.54, 1.807) is 0 Å². The van der Waals surface area contributed by atoms with Crippen molar-refractivity contribution in [1.29, 1.82) is 0 Å². The van der Waals surface area contributed by atoms with Crippen LogP contribution in [-0.2, 0) is 13.1 Å². The molecule has 0 aliphatic heterocycles. The van der Waals surface area contributed by atoms with Crippen LogP contribution < -0.4 is 5.32 Å². The van der Waals surface area contributed by atoms with Gasteiger partial charge in [0.2, 0.25) is 0 Å². The molecule has 0 unspecified atom stereocenters. The molecule has 1 rings (SSSR count). The molecule has 0 saturated heterocycles. The Bertz CT molecular complexity index is 357. The van der Waals surface area contributed by atoms with Crippen molar-refractivity contribution in [2.75, 3.05) is 19.6 Å². The molecule has 0 fully saturated rings. The van der Waals surface area contributed by atoms with Gasteiger partial charge in [0.05, 0.1) is 0 Å². The normalized spacial score (nSPS) is 11.1. The zero-order valence-corrected chi connectivity index (χ0v) is 12.8. The van der Waals surface area contributed by atoms with Gasteiger partial charge in [-0.05, 0) is 38.6 Å². The SMILES string of the molecule is C=C(C)CN(CC)Cc1ccc(CNCCC)s1. The van der Waals surface area contributed by atoms with Gasteiger partial charge in [-0.3, -0.25) is 4.90 Å². The van der Waals surface area contributed by atoms with E-state index in [2.05, 4.69) is 49.7 Å². The Kier molecular flexibility index (Phi) is 7.25. The lowest BCUT2D eigenvalue weighted by Gasteiger charge is -2.19. The summed E-state index contributed by atoms with van der Waals surface area (Å²) >= 11 is 1.92. The Balaban J connectivity index is 2.44. The minimum atomic E-state index is 0.998. The highest BCUT2D eigenvalue weighted by Crippen LogP contribution is 2.18. The molecule has 0 spiro atoms. The van der Waals surface area contributed by atoms with E-state index >= 15 is 0 Å². The van der Waals surface area contributed by atoms with Crippen LogP contribution in [0.2, 0.25) is 0 Å². The van der Waals surface area contributed by atoms with Gasteiger partial charge in [0, 0.05) is 29.4 Å². The summed E-state index contributed by atoms with van der Waals surface area (Å²) in [6.07, 6.45) is 1.19. The average molecular weight is 266 g/mol. The largest absolute Gasteiger partial charge is 0.312 e. The topological polar surface area (TPSA) is 15.3 Å². The van der Waals surface area contributed by atoms with Crippen LogP contribution in [0.15, 0.2) is 24.3 Å². The predicted molar refractivity (Wildman–Crippen MR) is 82.1 cm³/mol. The van der Waals surface area contributed by atoms with Crippen molar-refractivity contribution in [3.8, 4) is 0 Å². The fourth-order valence-electron chi connectivity index (χ4n) is 1.87. The van der Waals surface area contributed by atoms with Crippen LogP contribution in [-0.4, -0.2) is 24.5 Å². The minimum absolute atomic E-state index is 0.998. The Labute approximate surface area is 116 Å². The molecule has 1 N–H and O–H groups in total. The van der Waals surface area contributed by atoms with Crippen LogP contribution in [0.25, 0.3) is 0 Å². The molecule has 0 aliphatic rings. The first-order chi connectivity index (χ1) is 8.65. The molecule has 2 nitrogen and oxygen atoms in total. The van der Waals surface area contributed by atoms with Crippen LogP contribution in [0.4, 0.5) is 0 Å². The van der Waals surface area contributed by atoms with Crippen molar-refractivity contribution in [1.82, 2.24) is 10.2 Å². The maximum absolute atomic E-state index is 3.99. The van der Waals surface area contributed by atoms with Gasteiger partial charge in [0.1, 0.15) is 0 Å². The van der Waals surface area contributed by atoms with Gasteiger partial charge in [-0.2, -0.15) is 0 Å². The van der Waals surface area contributed by atoms with Crippen LogP contribution in [0.1, 0.15) is 36.9 Å². The number of nitrogens with one attached hydrogen (secondary N) is 1. The Morgan fingerprint density at radius 1 is 1.33 bits per heavy atom. The van der Waals surface area contributed by atoms with E-state index in [0.717, 1.165) is 32.7 Å². The highest BCUT2D eigenvalue weighted by atomic mass is 32.1. The summed E-state index contributed by atoms with van der Waals surface area (Å²) in [6.45, 7) is 15.7. The molecule has 3 heteroatoms. The third kappa shape index (κ3) is 5.80.